The van der Waals surface area contributed by atoms with Gasteiger partial charge < -0.3 is 10.1 Å². The maximum Gasteiger partial charge on any atom is 0.410 e. The highest BCUT2D eigenvalue weighted by atomic mass is 19.1. The minimum absolute atomic E-state index is 0.109. The molecular weight excluding hydrogens is 331 g/mol. The Morgan fingerprint density at radius 1 is 1.27 bits per heavy atom. The van der Waals surface area contributed by atoms with Crippen molar-refractivity contribution < 1.29 is 13.9 Å². The number of rotatable bonds is 4. The van der Waals surface area contributed by atoms with Crippen molar-refractivity contribution in [2.75, 3.05) is 19.6 Å². The fourth-order valence-electron chi connectivity index (χ4n) is 3.65. The zero-order chi connectivity index (χ0) is 18.5. The smallest absolute Gasteiger partial charge is 0.410 e. The van der Waals surface area contributed by atoms with Gasteiger partial charge in [0.05, 0.1) is 6.04 Å². The Morgan fingerprint density at radius 3 is 2.65 bits per heavy atom. The van der Waals surface area contributed by atoms with Crippen LogP contribution in [0.15, 0.2) is 60.7 Å². The predicted molar refractivity (Wildman–Crippen MR) is 100 cm³/mol. The van der Waals surface area contributed by atoms with E-state index in [0.29, 0.717) is 19.5 Å². The van der Waals surface area contributed by atoms with Gasteiger partial charge in [-0.05, 0) is 54.6 Å². The number of nitrogens with one attached hydrogen (secondary N) is 1. The largest absolute Gasteiger partial charge is 0.445 e. The number of nitrogens with zero attached hydrogens (tertiary/aromatic N) is 1. The Labute approximate surface area is 154 Å². The molecule has 5 heteroatoms. The summed E-state index contributed by atoms with van der Waals surface area (Å²) in [6.45, 7) is 9.97. The first kappa shape index (κ1) is 18.4. The normalized spacial score (nSPS) is 23.5. The van der Waals surface area contributed by atoms with Crippen molar-refractivity contribution in [1.29, 1.82) is 0 Å². The molecule has 1 amide bonds. The highest BCUT2D eigenvalue weighted by Crippen LogP contribution is 2.37. The van der Waals surface area contributed by atoms with Crippen molar-refractivity contribution in [3.63, 3.8) is 0 Å². The molecule has 0 aliphatic carbocycles. The second-order valence-electron chi connectivity index (χ2n) is 6.64. The number of carbonyl (C=O) groups is 1. The van der Waals surface area contributed by atoms with E-state index in [9.17, 15) is 9.18 Å². The summed E-state index contributed by atoms with van der Waals surface area (Å²) in [6.07, 6.45) is 5.68. The molecule has 26 heavy (non-hydrogen) atoms. The zero-order valence-electron chi connectivity index (χ0n) is 14.9. The minimum atomic E-state index is -0.348. The first-order chi connectivity index (χ1) is 12.6. The number of piperidine rings is 1. The van der Waals surface area contributed by atoms with Crippen LogP contribution < -0.4 is 5.32 Å². The molecule has 1 saturated heterocycles. The second kappa shape index (κ2) is 8.32. The molecule has 2 heterocycles. The molecule has 1 aromatic rings. The number of ether oxygens (including phenoxy) is 1. The quantitative estimate of drug-likeness (QED) is 0.882. The molecule has 0 bridgehead atoms. The number of halogens is 1. The van der Waals surface area contributed by atoms with E-state index >= 15 is 0 Å². The second-order valence-corrected chi connectivity index (χ2v) is 6.64. The van der Waals surface area contributed by atoms with Crippen LogP contribution in [-0.4, -0.2) is 36.7 Å². The van der Waals surface area contributed by atoms with E-state index in [1.54, 1.807) is 29.2 Å². The Bertz CT molecular complexity index is 705. The van der Waals surface area contributed by atoms with E-state index in [1.165, 1.54) is 12.1 Å². The lowest BCUT2D eigenvalue weighted by atomic mass is 9.88. The van der Waals surface area contributed by atoms with E-state index in [1.807, 2.05) is 0 Å². The van der Waals surface area contributed by atoms with Gasteiger partial charge in [0.15, 0.2) is 0 Å². The number of benzene rings is 1. The van der Waals surface area contributed by atoms with Gasteiger partial charge in [0.1, 0.15) is 11.9 Å². The third-order valence-electron chi connectivity index (χ3n) is 5.00. The van der Waals surface area contributed by atoms with Crippen LogP contribution in [0, 0.1) is 5.82 Å². The predicted octanol–water partition coefficient (Wildman–Crippen LogP) is 4.13. The molecule has 3 rings (SSSR count). The summed E-state index contributed by atoms with van der Waals surface area (Å²) in [5.41, 5.74) is 2.80. The number of amides is 1. The molecule has 1 fully saturated rings. The lowest BCUT2D eigenvalue weighted by Gasteiger charge is -2.38. The average molecular weight is 356 g/mol. The van der Waals surface area contributed by atoms with Gasteiger partial charge in [-0.1, -0.05) is 37.4 Å². The first-order valence-electron chi connectivity index (χ1n) is 9.05. The molecule has 2 atom stereocenters. The van der Waals surface area contributed by atoms with Crippen molar-refractivity contribution in [3.05, 3.63) is 72.1 Å². The van der Waals surface area contributed by atoms with Gasteiger partial charge in [-0.15, -0.1) is 0 Å². The number of carbonyl (C=O) groups excluding carboxylic acids is 1. The van der Waals surface area contributed by atoms with Gasteiger partial charge in [-0.3, -0.25) is 4.90 Å². The van der Waals surface area contributed by atoms with E-state index in [2.05, 4.69) is 18.5 Å². The summed E-state index contributed by atoms with van der Waals surface area (Å²) in [5.74, 6) is -0.306. The van der Waals surface area contributed by atoms with Gasteiger partial charge >= 0.3 is 6.09 Å². The average Bonchev–Trinajstić information content (AvgIpc) is 2.68. The highest BCUT2D eigenvalue weighted by molar-refractivity contribution is 5.70. The molecule has 0 radical (unpaired) electrons. The van der Waals surface area contributed by atoms with Gasteiger partial charge in [-0.25, -0.2) is 9.18 Å². The molecule has 0 saturated carbocycles. The molecule has 138 valence electrons. The Kier molecular flexibility index (Phi) is 5.89. The molecular formula is C21H25FN2O2. The lowest BCUT2D eigenvalue weighted by molar-refractivity contribution is 0.0433. The van der Waals surface area contributed by atoms with Gasteiger partial charge in [0.25, 0.3) is 0 Å². The van der Waals surface area contributed by atoms with Crippen molar-refractivity contribution in [2.24, 2.45) is 0 Å². The van der Waals surface area contributed by atoms with Crippen LogP contribution in [0.3, 0.4) is 0 Å². The topological polar surface area (TPSA) is 41.6 Å². The molecule has 1 aromatic carbocycles. The Hall–Kier alpha value is -2.40. The van der Waals surface area contributed by atoms with Gasteiger partial charge in [0.2, 0.25) is 0 Å². The van der Waals surface area contributed by atoms with Crippen molar-refractivity contribution in [2.45, 2.75) is 31.4 Å². The molecule has 0 aromatic heterocycles. The summed E-state index contributed by atoms with van der Waals surface area (Å²) < 4.78 is 19.1. The van der Waals surface area contributed by atoms with Crippen molar-refractivity contribution >= 4 is 6.09 Å². The van der Waals surface area contributed by atoms with E-state index in [0.717, 1.165) is 36.1 Å². The molecule has 2 aliphatic heterocycles. The SMILES string of the molecule is C=CC1=C(C=C)[C@H](c2ccc(F)cc2)N(C(=O)O[C@@H]2CCCNC2)CC1. The van der Waals surface area contributed by atoms with E-state index in [4.69, 9.17) is 4.74 Å². The number of allylic oxidation sites excluding steroid dienone is 1. The third-order valence-corrected chi connectivity index (χ3v) is 5.00. The van der Waals surface area contributed by atoms with Crippen LogP contribution in [-0.2, 0) is 4.74 Å². The fourth-order valence-corrected chi connectivity index (χ4v) is 3.65. The molecule has 2 aliphatic rings. The highest BCUT2D eigenvalue weighted by Gasteiger charge is 2.34. The van der Waals surface area contributed by atoms with Crippen molar-refractivity contribution in [1.82, 2.24) is 10.2 Å². The van der Waals surface area contributed by atoms with Crippen LogP contribution in [0.5, 0.6) is 0 Å². The van der Waals surface area contributed by atoms with E-state index in [-0.39, 0.29) is 24.1 Å². The summed E-state index contributed by atoms with van der Waals surface area (Å²) in [5, 5.41) is 3.25. The monoisotopic (exact) mass is 356 g/mol. The van der Waals surface area contributed by atoms with Crippen LogP contribution in [0.25, 0.3) is 0 Å². The maximum atomic E-state index is 13.4. The van der Waals surface area contributed by atoms with Crippen LogP contribution in [0.2, 0.25) is 0 Å². The summed E-state index contributed by atoms with van der Waals surface area (Å²) >= 11 is 0. The van der Waals surface area contributed by atoms with Gasteiger partial charge in [-0.2, -0.15) is 0 Å². The zero-order valence-corrected chi connectivity index (χ0v) is 14.9. The van der Waals surface area contributed by atoms with Crippen molar-refractivity contribution in [3.8, 4) is 0 Å². The standard InChI is InChI=1S/C21H25FN2O2/c1-3-15-11-13-24(21(25)26-18-6-5-12-23-14-18)20(19(15)4-2)16-7-9-17(22)10-8-16/h3-4,7-10,18,20,23H,1-2,5-6,11-14H2/t18-,20+/m1/s1. The maximum absolute atomic E-state index is 13.4. The van der Waals surface area contributed by atoms with Crippen LogP contribution in [0.4, 0.5) is 9.18 Å². The third kappa shape index (κ3) is 3.88. The van der Waals surface area contributed by atoms with Crippen LogP contribution in [0.1, 0.15) is 30.9 Å². The fraction of sp³-hybridized carbons (Fsp3) is 0.381. The van der Waals surface area contributed by atoms with E-state index < -0.39 is 0 Å². The molecule has 0 spiro atoms. The van der Waals surface area contributed by atoms with Gasteiger partial charge in [0, 0.05) is 13.1 Å². The summed E-state index contributed by atoms with van der Waals surface area (Å²) in [6, 6.07) is 5.88. The molecule has 1 N–H and O–H groups in total. The number of hydrogen-bond acceptors (Lipinski definition) is 3. The van der Waals surface area contributed by atoms with Crippen LogP contribution >= 0.6 is 0 Å². The summed E-state index contributed by atoms with van der Waals surface area (Å²) in [7, 11) is 0. The molecule has 4 nitrogen and oxygen atoms in total. The number of hydrogen-bond donors (Lipinski definition) is 1. The Balaban J connectivity index is 1.90. The summed E-state index contributed by atoms with van der Waals surface area (Å²) in [4.78, 5) is 14.6. The molecule has 0 unspecified atom stereocenters. The first-order valence-corrected chi connectivity index (χ1v) is 9.05. The lowest BCUT2D eigenvalue weighted by Crippen LogP contribution is -2.44. The Morgan fingerprint density at radius 2 is 2.04 bits per heavy atom. The minimum Gasteiger partial charge on any atom is -0.445 e.